The van der Waals surface area contributed by atoms with Crippen molar-refractivity contribution in [2.75, 3.05) is 7.11 Å². The maximum atomic E-state index is 12.6. The van der Waals surface area contributed by atoms with E-state index in [4.69, 9.17) is 16.3 Å². The summed E-state index contributed by atoms with van der Waals surface area (Å²) >= 11 is 6.26. The summed E-state index contributed by atoms with van der Waals surface area (Å²) in [5.74, 6) is 1.08. The number of methoxy groups -OCH3 is 1. The third-order valence-corrected chi connectivity index (χ3v) is 5.43. The lowest BCUT2D eigenvalue weighted by Gasteiger charge is -2.13. The Balaban J connectivity index is 1.49. The molecule has 0 saturated heterocycles. The van der Waals surface area contributed by atoms with Gasteiger partial charge in [0, 0.05) is 23.0 Å². The van der Waals surface area contributed by atoms with Crippen molar-refractivity contribution < 1.29 is 9.53 Å². The van der Waals surface area contributed by atoms with Gasteiger partial charge >= 0.3 is 0 Å². The fourth-order valence-corrected chi connectivity index (χ4v) is 3.88. The molecule has 0 radical (unpaired) electrons. The number of ether oxygens (including phenoxy) is 1. The molecule has 132 valence electrons. The number of amides is 1. The van der Waals surface area contributed by atoms with Gasteiger partial charge in [0.25, 0.3) is 0 Å². The van der Waals surface area contributed by atoms with Gasteiger partial charge in [0.1, 0.15) is 5.75 Å². The van der Waals surface area contributed by atoms with Crippen LogP contribution in [0.1, 0.15) is 23.5 Å². The highest BCUT2D eigenvalue weighted by atomic mass is 35.5. The Morgan fingerprint density at radius 2 is 1.88 bits per heavy atom. The summed E-state index contributed by atoms with van der Waals surface area (Å²) in [6, 6.07) is 19.9. The van der Waals surface area contributed by atoms with E-state index in [1.165, 1.54) is 0 Å². The Morgan fingerprint density at radius 1 is 1.12 bits per heavy atom. The van der Waals surface area contributed by atoms with E-state index in [0.29, 0.717) is 6.54 Å². The van der Waals surface area contributed by atoms with Gasteiger partial charge in [-0.2, -0.15) is 0 Å². The highest BCUT2D eigenvalue weighted by Crippen LogP contribution is 2.49. The lowest BCUT2D eigenvalue weighted by molar-refractivity contribution is -0.122. The first-order valence-corrected chi connectivity index (χ1v) is 9.13. The third kappa shape index (κ3) is 3.15. The van der Waals surface area contributed by atoms with E-state index in [-0.39, 0.29) is 17.7 Å². The van der Waals surface area contributed by atoms with Crippen molar-refractivity contribution in [3.8, 4) is 5.75 Å². The van der Waals surface area contributed by atoms with E-state index >= 15 is 0 Å². The first kappa shape index (κ1) is 16.9. The van der Waals surface area contributed by atoms with Gasteiger partial charge in [-0.3, -0.25) is 4.79 Å². The SMILES string of the molecule is COc1ccc2ccccc2c1CNC(=O)C1CC1c1ccccc1Cl. The standard InChI is InChI=1S/C22H20ClNO2/c1-26-21-11-10-14-6-2-3-7-15(14)19(21)13-24-22(25)18-12-17(18)16-8-4-5-9-20(16)23/h2-11,17-18H,12-13H2,1H3,(H,24,25). The number of fused-ring (bicyclic) bond motifs is 1. The number of nitrogens with one attached hydrogen (secondary N) is 1. The van der Waals surface area contributed by atoms with E-state index in [1.807, 2.05) is 48.5 Å². The van der Waals surface area contributed by atoms with Crippen LogP contribution in [0.5, 0.6) is 5.75 Å². The number of benzene rings is 3. The molecule has 2 unspecified atom stereocenters. The minimum atomic E-state index is -0.00382. The van der Waals surface area contributed by atoms with Gasteiger partial charge in [-0.1, -0.05) is 60.1 Å². The van der Waals surface area contributed by atoms with Gasteiger partial charge in [-0.15, -0.1) is 0 Å². The molecule has 1 N–H and O–H groups in total. The molecule has 1 saturated carbocycles. The second kappa shape index (κ2) is 7.00. The largest absolute Gasteiger partial charge is 0.496 e. The number of rotatable bonds is 5. The van der Waals surface area contributed by atoms with Crippen molar-refractivity contribution in [3.63, 3.8) is 0 Å². The normalized spacial score (nSPS) is 18.5. The molecule has 4 rings (SSSR count). The van der Waals surface area contributed by atoms with Crippen LogP contribution >= 0.6 is 11.6 Å². The average Bonchev–Trinajstić information content (AvgIpc) is 3.46. The first-order valence-electron chi connectivity index (χ1n) is 8.76. The zero-order valence-corrected chi connectivity index (χ0v) is 15.3. The molecule has 0 bridgehead atoms. The highest BCUT2D eigenvalue weighted by molar-refractivity contribution is 6.31. The average molecular weight is 366 g/mol. The van der Waals surface area contributed by atoms with Crippen LogP contribution in [0.25, 0.3) is 10.8 Å². The van der Waals surface area contributed by atoms with Crippen molar-refractivity contribution in [3.05, 3.63) is 76.8 Å². The molecule has 0 aliphatic heterocycles. The van der Waals surface area contributed by atoms with Crippen LogP contribution in [-0.2, 0) is 11.3 Å². The zero-order chi connectivity index (χ0) is 18.1. The Kier molecular flexibility index (Phi) is 4.56. The van der Waals surface area contributed by atoms with Crippen molar-refractivity contribution in [1.29, 1.82) is 0 Å². The van der Waals surface area contributed by atoms with Gasteiger partial charge in [-0.25, -0.2) is 0 Å². The molecule has 4 heteroatoms. The molecule has 3 nitrogen and oxygen atoms in total. The molecule has 1 amide bonds. The lowest BCUT2D eigenvalue weighted by Crippen LogP contribution is -2.25. The van der Waals surface area contributed by atoms with Crippen LogP contribution < -0.4 is 10.1 Å². The van der Waals surface area contributed by atoms with E-state index in [9.17, 15) is 4.79 Å². The second-order valence-electron chi connectivity index (χ2n) is 6.66. The Morgan fingerprint density at radius 3 is 2.69 bits per heavy atom. The summed E-state index contributed by atoms with van der Waals surface area (Å²) in [7, 11) is 1.66. The Bertz CT molecular complexity index is 969. The van der Waals surface area contributed by atoms with Crippen LogP contribution in [0.3, 0.4) is 0 Å². The second-order valence-corrected chi connectivity index (χ2v) is 7.06. The van der Waals surface area contributed by atoms with Gasteiger partial charge in [0.2, 0.25) is 5.91 Å². The minimum absolute atomic E-state index is 0.00382. The Labute approximate surface area is 157 Å². The number of carbonyl (C=O) groups is 1. The van der Waals surface area contributed by atoms with Crippen LogP contribution in [-0.4, -0.2) is 13.0 Å². The minimum Gasteiger partial charge on any atom is -0.496 e. The van der Waals surface area contributed by atoms with Gasteiger partial charge < -0.3 is 10.1 Å². The summed E-state index contributed by atoms with van der Waals surface area (Å²) in [4.78, 5) is 12.6. The number of hydrogen-bond donors (Lipinski definition) is 1. The van der Waals surface area contributed by atoms with Crippen LogP contribution in [0.2, 0.25) is 5.02 Å². The monoisotopic (exact) mass is 365 g/mol. The Hall–Kier alpha value is -2.52. The van der Waals surface area contributed by atoms with Crippen LogP contribution in [0.4, 0.5) is 0 Å². The molecule has 26 heavy (non-hydrogen) atoms. The quantitative estimate of drug-likeness (QED) is 0.696. The van der Waals surface area contributed by atoms with Gasteiger partial charge in [0.15, 0.2) is 0 Å². The van der Waals surface area contributed by atoms with E-state index in [0.717, 1.165) is 39.1 Å². The van der Waals surface area contributed by atoms with Crippen molar-refractivity contribution >= 4 is 28.3 Å². The van der Waals surface area contributed by atoms with Crippen molar-refractivity contribution in [2.24, 2.45) is 5.92 Å². The lowest BCUT2D eigenvalue weighted by atomic mass is 10.0. The summed E-state index contributed by atoms with van der Waals surface area (Å²) in [5.41, 5.74) is 2.07. The molecule has 3 aromatic carbocycles. The molecule has 1 fully saturated rings. The fourth-order valence-electron chi connectivity index (χ4n) is 3.60. The smallest absolute Gasteiger partial charge is 0.224 e. The van der Waals surface area contributed by atoms with E-state index in [1.54, 1.807) is 7.11 Å². The van der Waals surface area contributed by atoms with E-state index < -0.39 is 0 Å². The van der Waals surface area contributed by atoms with Gasteiger partial charge in [-0.05, 0) is 40.8 Å². The van der Waals surface area contributed by atoms with Crippen molar-refractivity contribution in [2.45, 2.75) is 18.9 Å². The maximum Gasteiger partial charge on any atom is 0.224 e. The molecule has 0 aromatic heterocycles. The zero-order valence-electron chi connectivity index (χ0n) is 14.5. The number of hydrogen-bond acceptors (Lipinski definition) is 2. The third-order valence-electron chi connectivity index (χ3n) is 5.09. The maximum absolute atomic E-state index is 12.6. The predicted octanol–water partition coefficient (Wildman–Crippen LogP) is 4.92. The molecular weight excluding hydrogens is 346 g/mol. The van der Waals surface area contributed by atoms with E-state index in [2.05, 4.69) is 17.4 Å². The molecule has 0 heterocycles. The van der Waals surface area contributed by atoms with Crippen LogP contribution in [0.15, 0.2) is 60.7 Å². The number of carbonyl (C=O) groups excluding carboxylic acids is 1. The summed E-state index contributed by atoms with van der Waals surface area (Å²) in [6.45, 7) is 0.453. The molecule has 1 aliphatic rings. The first-order chi connectivity index (χ1) is 12.7. The molecule has 0 spiro atoms. The molecule has 3 aromatic rings. The summed E-state index contributed by atoms with van der Waals surface area (Å²) in [6.07, 6.45) is 0.849. The number of halogens is 1. The molecular formula is C22H20ClNO2. The molecule has 1 aliphatic carbocycles. The van der Waals surface area contributed by atoms with Crippen LogP contribution in [0, 0.1) is 5.92 Å². The van der Waals surface area contributed by atoms with Crippen molar-refractivity contribution in [1.82, 2.24) is 5.32 Å². The predicted molar refractivity (Wildman–Crippen MR) is 105 cm³/mol. The highest BCUT2D eigenvalue weighted by Gasteiger charge is 2.44. The summed E-state index contributed by atoms with van der Waals surface area (Å²) < 4.78 is 5.50. The topological polar surface area (TPSA) is 38.3 Å². The molecule has 2 atom stereocenters. The summed E-state index contributed by atoms with van der Waals surface area (Å²) in [5, 5.41) is 6.06. The van der Waals surface area contributed by atoms with Gasteiger partial charge in [0.05, 0.1) is 7.11 Å². The fraction of sp³-hybridized carbons (Fsp3) is 0.227.